The third-order valence-electron chi connectivity index (χ3n) is 3.74. The molecule has 3 aromatic rings. The van der Waals surface area contributed by atoms with Gasteiger partial charge in [0.25, 0.3) is 5.89 Å². The Hall–Kier alpha value is -3.15. The molecule has 0 N–H and O–H groups in total. The zero-order chi connectivity index (χ0) is 17.6. The third kappa shape index (κ3) is 4.03. The molecule has 0 saturated heterocycles. The lowest BCUT2D eigenvalue weighted by molar-refractivity contribution is 0.0430. The van der Waals surface area contributed by atoms with Crippen LogP contribution in [0.4, 0.5) is 0 Å². The summed E-state index contributed by atoms with van der Waals surface area (Å²) in [6, 6.07) is 14.6. The highest BCUT2D eigenvalue weighted by atomic mass is 16.6. The largest absolute Gasteiger partial charge is 0.497 e. The molecular formula is C19H18N2O4. The summed E-state index contributed by atoms with van der Waals surface area (Å²) in [5, 5.41) is 3.92. The summed E-state index contributed by atoms with van der Waals surface area (Å²) in [7, 11) is 1.57. The molecule has 0 fully saturated rings. The van der Waals surface area contributed by atoms with Gasteiger partial charge in [0.15, 0.2) is 6.61 Å². The molecule has 0 saturated carbocycles. The van der Waals surface area contributed by atoms with Crippen molar-refractivity contribution in [2.45, 2.75) is 20.0 Å². The summed E-state index contributed by atoms with van der Waals surface area (Å²) in [5.41, 5.74) is 2.52. The van der Waals surface area contributed by atoms with E-state index in [1.807, 2.05) is 24.3 Å². The van der Waals surface area contributed by atoms with Crippen molar-refractivity contribution >= 4 is 5.97 Å². The number of hydrogen-bond acceptors (Lipinski definition) is 6. The number of esters is 1. The van der Waals surface area contributed by atoms with E-state index in [1.165, 1.54) is 5.56 Å². The van der Waals surface area contributed by atoms with Crippen LogP contribution in [0.15, 0.2) is 53.1 Å². The fourth-order valence-corrected chi connectivity index (χ4v) is 2.26. The summed E-state index contributed by atoms with van der Waals surface area (Å²) in [5.74, 6) is 0.927. The van der Waals surface area contributed by atoms with Gasteiger partial charge in [0.2, 0.25) is 5.82 Å². The first-order valence-corrected chi connectivity index (χ1v) is 7.92. The van der Waals surface area contributed by atoms with E-state index in [0.717, 1.165) is 12.0 Å². The van der Waals surface area contributed by atoms with Crippen molar-refractivity contribution in [2.75, 3.05) is 7.11 Å². The standard InChI is InChI=1S/C19H18N2O4/c1-3-13-4-6-14(7-5-13)18-20-17(25-21-18)12-24-19(22)15-8-10-16(23-2)11-9-15/h4-11H,3,12H2,1-2H3. The van der Waals surface area contributed by atoms with Crippen LogP contribution in [0.2, 0.25) is 0 Å². The topological polar surface area (TPSA) is 74.5 Å². The Bertz CT molecular complexity index is 839. The van der Waals surface area contributed by atoms with E-state index >= 15 is 0 Å². The first-order valence-electron chi connectivity index (χ1n) is 7.92. The molecule has 0 amide bonds. The van der Waals surface area contributed by atoms with Gasteiger partial charge in [-0.15, -0.1) is 0 Å². The van der Waals surface area contributed by atoms with Gasteiger partial charge in [0, 0.05) is 5.56 Å². The van der Waals surface area contributed by atoms with Gasteiger partial charge in [0.05, 0.1) is 12.7 Å². The SMILES string of the molecule is CCc1ccc(-c2noc(COC(=O)c3ccc(OC)cc3)n2)cc1. The first-order chi connectivity index (χ1) is 12.2. The molecule has 0 unspecified atom stereocenters. The molecule has 1 aromatic heterocycles. The van der Waals surface area contributed by atoms with E-state index in [-0.39, 0.29) is 12.5 Å². The van der Waals surface area contributed by atoms with E-state index < -0.39 is 5.97 Å². The summed E-state index contributed by atoms with van der Waals surface area (Å²) in [6.07, 6.45) is 0.971. The number of carbonyl (C=O) groups is 1. The minimum Gasteiger partial charge on any atom is -0.497 e. The van der Waals surface area contributed by atoms with E-state index in [4.69, 9.17) is 14.0 Å². The molecule has 25 heavy (non-hydrogen) atoms. The fourth-order valence-electron chi connectivity index (χ4n) is 2.26. The zero-order valence-corrected chi connectivity index (χ0v) is 14.1. The minimum atomic E-state index is -0.463. The number of nitrogens with zero attached hydrogens (tertiary/aromatic N) is 2. The van der Waals surface area contributed by atoms with Crippen LogP contribution in [0.1, 0.15) is 28.7 Å². The molecule has 6 nitrogen and oxygen atoms in total. The Morgan fingerprint density at radius 2 is 1.80 bits per heavy atom. The number of carbonyl (C=O) groups excluding carboxylic acids is 1. The Morgan fingerprint density at radius 3 is 2.44 bits per heavy atom. The van der Waals surface area contributed by atoms with Crippen molar-refractivity contribution in [3.05, 3.63) is 65.5 Å². The van der Waals surface area contributed by atoms with Gasteiger partial charge in [-0.1, -0.05) is 36.3 Å². The number of methoxy groups -OCH3 is 1. The molecule has 0 radical (unpaired) electrons. The van der Waals surface area contributed by atoms with Crippen LogP contribution in [0, 0.1) is 0 Å². The summed E-state index contributed by atoms with van der Waals surface area (Å²) in [4.78, 5) is 16.3. The van der Waals surface area contributed by atoms with Crippen LogP contribution >= 0.6 is 0 Å². The van der Waals surface area contributed by atoms with Gasteiger partial charge in [0.1, 0.15) is 5.75 Å². The highest BCUT2D eigenvalue weighted by Crippen LogP contribution is 2.18. The van der Waals surface area contributed by atoms with Crippen LogP contribution in [-0.4, -0.2) is 23.2 Å². The van der Waals surface area contributed by atoms with Crippen molar-refractivity contribution in [1.82, 2.24) is 10.1 Å². The average Bonchev–Trinajstić information content (AvgIpc) is 3.15. The smallest absolute Gasteiger partial charge is 0.338 e. The zero-order valence-electron chi connectivity index (χ0n) is 14.1. The van der Waals surface area contributed by atoms with E-state index in [0.29, 0.717) is 17.1 Å². The van der Waals surface area contributed by atoms with Crippen molar-refractivity contribution in [3.8, 4) is 17.1 Å². The Morgan fingerprint density at radius 1 is 1.08 bits per heavy atom. The van der Waals surface area contributed by atoms with Crippen molar-refractivity contribution in [2.24, 2.45) is 0 Å². The lowest BCUT2D eigenvalue weighted by atomic mass is 10.1. The van der Waals surface area contributed by atoms with Gasteiger partial charge >= 0.3 is 5.97 Å². The van der Waals surface area contributed by atoms with Crippen LogP contribution in [0.3, 0.4) is 0 Å². The second-order valence-corrected chi connectivity index (χ2v) is 5.37. The lowest BCUT2D eigenvalue weighted by Gasteiger charge is -2.03. The van der Waals surface area contributed by atoms with Crippen LogP contribution in [0.25, 0.3) is 11.4 Å². The van der Waals surface area contributed by atoms with Gasteiger partial charge < -0.3 is 14.0 Å². The molecule has 2 aromatic carbocycles. The number of benzene rings is 2. The highest BCUT2D eigenvalue weighted by molar-refractivity contribution is 5.89. The Kier molecular flexibility index (Phi) is 5.09. The predicted octanol–water partition coefficient (Wildman–Crippen LogP) is 3.66. The van der Waals surface area contributed by atoms with Crippen molar-refractivity contribution in [3.63, 3.8) is 0 Å². The maximum Gasteiger partial charge on any atom is 0.338 e. The van der Waals surface area contributed by atoms with E-state index in [1.54, 1.807) is 31.4 Å². The summed E-state index contributed by atoms with van der Waals surface area (Å²) in [6.45, 7) is 2.02. The van der Waals surface area contributed by atoms with Crippen molar-refractivity contribution < 1.29 is 18.8 Å². The maximum atomic E-state index is 12.0. The van der Waals surface area contributed by atoms with Crippen LogP contribution < -0.4 is 4.74 Å². The lowest BCUT2D eigenvalue weighted by Crippen LogP contribution is -2.05. The number of rotatable bonds is 6. The van der Waals surface area contributed by atoms with Gasteiger partial charge in [-0.2, -0.15) is 4.98 Å². The second-order valence-electron chi connectivity index (χ2n) is 5.37. The highest BCUT2D eigenvalue weighted by Gasteiger charge is 2.12. The number of hydrogen-bond donors (Lipinski definition) is 0. The van der Waals surface area contributed by atoms with Crippen LogP contribution in [0.5, 0.6) is 5.75 Å². The molecule has 0 aliphatic carbocycles. The molecule has 6 heteroatoms. The van der Waals surface area contributed by atoms with Crippen molar-refractivity contribution in [1.29, 1.82) is 0 Å². The summed E-state index contributed by atoms with van der Waals surface area (Å²) >= 11 is 0. The van der Waals surface area contributed by atoms with Crippen LogP contribution in [-0.2, 0) is 17.8 Å². The molecule has 0 aliphatic heterocycles. The molecule has 0 bridgehead atoms. The number of ether oxygens (including phenoxy) is 2. The predicted molar refractivity (Wildman–Crippen MR) is 91.2 cm³/mol. The molecule has 0 aliphatic rings. The van der Waals surface area contributed by atoms with Gasteiger partial charge in [-0.3, -0.25) is 0 Å². The third-order valence-corrected chi connectivity index (χ3v) is 3.74. The number of aromatic nitrogens is 2. The second kappa shape index (κ2) is 7.61. The first kappa shape index (κ1) is 16.7. The van der Waals surface area contributed by atoms with E-state index in [9.17, 15) is 4.79 Å². The summed E-state index contributed by atoms with van der Waals surface area (Å²) < 4.78 is 15.4. The Labute approximate surface area is 145 Å². The molecule has 128 valence electrons. The monoisotopic (exact) mass is 338 g/mol. The molecule has 1 heterocycles. The molecule has 0 spiro atoms. The fraction of sp³-hybridized carbons (Fsp3) is 0.211. The maximum absolute atomic E-state index is 12.0. The Balaban J connectivity index is 1.61. The van der Waals surface area contributed by atoms with Gasteiger partial charge in [-0.05, 0) is 36.2 Å². The van der Waals surface area contributed by atoms with Gasteiger partial charge in [-0.25, -0.2) is 4.79 Å². The normalized spacial score (nSPS) is 10.5. The molecule has 3 rings (SSSR count). The average molecular weight is 338 g/mol. The quantitative estimate of drug-likeness (QED) is 0.639. The van der Waals surface area contributed by atoms with E-state index in [2.05, 4.69) is 17.1 Å². The minimum absolute atomic E-state index is 0.0785. The molecular weight excluding hydrogens is 320 g/mol. The molecule has 0 atom stereocenters. The number of aryl methyl sites for hydroxylation is 1.